The van der Waals surface area contributed by atoms with E-state index in [1.165, 1.54) is 12.1 Å². The Bertz CT molecular complexity index is 836. The van der Waals surface area contributed by atoms with Crippen LogP contribution >= 0.6 is 0 Å². The molecule has 0 bridgehead atoms. The quantitative estimate of drug-likeness (QED) is 0.738. The average Bonchev–Trinajstić information content (AvgIpc) is 2.58. The van der Waals surface area contributed by atoms with Gasteiger partial charge in [-0.1, -0.05) is 6.07 Å². The van der Waals surface area contributed by atoms with Crippen LogP contribution in [0, 0.1) is 12.7 Å². The van der Waals surface area contributed by atoms with Crippen LogP contribution in [0.25, 0.3) is 11.4 Å². The molecule has 0 amide bonds. The number of benzene rings is 1. The zero-order valence-corrected chi connectivity index (χ0v) is 13.5. The lowest BCUT2D eigenvalue weighted by atomic mass is 10.2. The first-order valence-electron chi connectivity index (χ1n) is 7.73. The molecule has 0 aliphatic rings. The van der Waals surface area contributed by atoms with Crippen molar-refractivity contribution in [2.75, 3.05) is 17.2 Å². The monoisotopic (exact) mass is 323 g/mol. The molecule has 24 heavy (non-hydrogen) atoms. The van der Waals surface area contributed by atoms with E-state index in [2.05, 4.69) is 25.6 Å². The maximum absolute atomic E-state index is 13.3. The van der Waals surface area contributed by atoms with Gasteiger partial charge in [-0.15, -0.1) is 0 Å². The maximum Gasteiger partial charge on any atom is 0.225 e. The van der Waals surface area contributed by atoms with E-state index in [1.54, 1.807) is 12.3 Å². The number of hydrogen-bond donors (Lipinski definition) is 2. The number of hydrogen-bond acceptors (Lipinski definition) is 5. The van der Waals surface area contributed by atoms with Gasteiger partial charge in [0.1, 0.15) is 11.6 Å². The van der Waals surface area contributed by atoms with E-state index in [1.807, 2.05) is 38.1 Å². The van der Waals surface area contributed by atoms with E-state index in [9.17, 15) is 4.39 Å². The summed E-state index contributed by atoms with van der Waals surface area (Å²) in [6, 6.07) is 12.1. The molecule has 0 spiro atoms. The molecule has 2 N–H and O–H groups in total. The van der Waals surface area contributed by atoms with Gasteiger partial charge < -0.3 is 10.6 Å². The molecular weight excluding hydrogens is 305 g/mol. The zero-order chi connectivity index (χ0) is 16.9. The number of nitrogens with one attached hydrogen (secondary N) is 2. The molecule has 0 aliphatic carbocycles. The molecule has 0 radical (unpaired) electrons. The highest BCUT2D eigenvalue weighted by Gasteiger charge is 2.09. The number of pyridine rings is 1. The number of anilines is 3. The fourth-order valence-corrected chi connectivity index (χ4v) is 2.30. The van der Waals surface area contributed by atoms with Gasteiger partial charge in [-0.25, -0.2) is 9.37 Å². The Morgan fingerprint density at radius 3 is 2.62 bits per heavy atom. The minimum Gasteiger partial charge on any atom is -0.354 e. The summed E-state index contributed by atoms with van der Waals surface area (Å²) in [5.41, 5.74) is 3.07. The predicted octanol–water partition coefficient (Wildman–Crippen LogP) is 4.16. The van der Waals surface area contributed by atoms with Gasteiger partial charge in [0.2, 0.25) is 5.95 Å². The summed E-state index contributed by atoms with van der Waals surface area (Å²) >= 11 is 0. The number of halogens is 1. The van der Waals surface area contributed by atoms with Crippen molar-refractivity contribution < 1.29 is 4.39 Å². The molecule has 3 rings (SSSR count). The van der Waals surface area contributed by atoms with E-state index in [0.717, 1.165) is 16.9 Å². The van der Waals surface area contributed by atoms with Gasteiger partial charge in [0.05, 0.1) is 11.4 Å². The molecule has 0 aliphatic heterocycles. The molecule has 3 aromatic rings. The Labute approximate surface area is 140 Å². The maximum atomic E-state index is 13.3. The number of rotatable bonds is 5. The van der Waals surface area contributed by atoms with Crippen molar-refractivity contribution in [3.63, 3.8) is 0 Å². The Kier molecular flexibility index (Phi) is 4.65. The molecule has 0 saturated heterocycles. The molecule has 6 heteroatoms. The summed E-state index contributed by atoms with van der Waals surface area (Å²) in [6.07, 6.45) is 1.72. The van der Waals surface area contributed by atoms with Crippen molar-refractivity contribution in [2.24, 2.45) is 0 Å². The number of aromatic nitrogens is 3. The SMILES string of the molecule is CCNc1nc(Nc2ccc(F)cc2C)cc(-c2ccccn2)n1. The average molecular weight is 323 g/mol. The number of nitrogens with zero attached hydrogens (tertiary/aromatic N) is 3. The molecule has 5 nitrogen and oxygen atoms in total. The van der Waals surface area contributed by atoms with Crippen LogP contribution in [0.2, 0.25) is 0 Å². The van der Waals surface area contributed by atoms with E-state index < -0.39 is 0 Å². The van der Waals surface area contributed by atoms with Gasteiger partial charge in [-0.05, 0) is 49.7 Å². The van der Waals surface area contributed by atoms with Crippen molar-refractivity contribution in [1.29, 1.82) is 0 Å². The topological polar surface area (TPSA) is 62.7 Å². The summed E-state index contributed by atoms with van der Waals surface area (Å²) in [4.78, 5) is 13.3. The Morgan fingerprint density at radius 1 is 1.04 bits per heavy atom. The minimum absolute atomic E-state index is 0.261. The van der Waals surface area contributed by atoms with Crippen LogP contribution in [0.5, 0.6) is 0 Å². The molecule has 2 aromatic heterocycles. The molecule has 0 atom stereocenters. The van der Waals surface area contributed by atoms with Crippen LogP contribution < -0.4 is 10.6 Å². The van der Waals surface area contributed by atoms with E-state index in [-0.39, 0.29) is 5.82 Å². The van der Waals surface area contributed by atoms with Crippen molar-refractivity contribution >= 4 is 17.5 Å². The summed E-state index contributed by atoms with van der Waals surface area (Å²) in [5, 5.41) is 6.34. The second-order valence-electron chi connectivity index (χ2n) is 5.29. The molecule has 0 saturated carbocycles. The number of aryl methyl sites for hydroxylation is 1. The normalized spacial score (nSPS) is 10.5. The highest BCUT2D eigenvalue weighted by molar-refractivity contribution is 5.66. The lowest BCUT2D eigenvalue weighted by molar-refractivity contribution is 0.627. The summed E-state index contributed by atoms with van der Waals surface area (Å²) in [6.45, 7) is 4.53. The highest BCUT2D eigenvalue weighted by atomic mass is 19.1. The van der Waals surface area contributed by atoms with Gasteiger partial charge in [-0.3, -0.25) is 4.98 Å². The second kappa shape index (κ2) is 7.04. The lowest BCUT2D eigenvalue weighted by Gasteiger charge is -2.12. The Morgan fingerprint density at radius 2 is 1.92 bits per heavy atom. The first kappa shape index (κ1) is 15.9. The zero-order valence-electron chi connectivity index (χ0n) is 13.5. The van der Waals surface area contributed by atoms with Crippen molar-refractivity contribution in [3.8, 4) is 11.4 Å². The lowest BCUT2D eigenvalue weighted by Crippen LogP contribution is -2.06. The first-order valence-corrected chi connectivity index (χ1v) is 7.73. The van der Waals surface area contributed by atoms with E-state index >= 15 is 0 Å². The van der Waals surface area contributed by atoms with Crippen LogP contribution in [-0.2, 0) is 0 Å². The summed E-state index contributed by atoms with van der Waals surface area (Å²) in [5.74, 6) is 0.877. The van der Waals surface area contributed by atoms with Crippen LogP contribution in [0.15, 0.2) is 48.7 Å². The fraction of sp³-hybridized carbons (Fsp3) is 0.167. The van der Waals surface area contributed by atoms with Crippen molar-refractivity contribution in [3.05, 3.63) is 60.0 Å². The highest BCUT2D eigenvalue weighted by Crippen LogP contribution is 2.24. The van der Waals surface area contributed by atoms with E-state index in [4.69, 9.17) is 0 Å². The van der Waals surface area contributed by atoms with Gasteiger partial charge in [0, 0.05) is 24.5 Å². The second-order valence-corrected chi connectivity index (χ2v) is 5.29. The van der Waals surface area contributed by atoms with Crippen molar-refractivity contribution in [2.45, 2.75) is 13.8 Å². The standard InChI is InChI=1S/C18H18FN5/c1-3-20-18-23-16(15-6-4-5-9-21-15)11-17(24-18)22-14-8-7-13(19)10-12(14)2/h4-11H,3H2,1-2H3,(H2,20,22,23,24). The van der Waals surface area contributed by atoms with Crippen LogP contribution in [0.4, 0.5) is 21.8 Å². The van der Waals surface area contributed by atoms with Crippen LogP contribution in [-0.4, -0.2) is 21.5 Å². The molecule has 0 fully saturated rings. The Balaban J connectivity index is 1.99. The third-order valence-electron chi connectivity index (χ3n) is 3.44. The Hall–Kier alpha value is -3.02. The third-order valence-corrected chi connectivity index (χ3v) is 3.44. The van der Waals surface area contributed by atoms with Gasteiger partial charge in [-0.2, -0.15) is 4.98 Å². The molecule has 2 heterocycles. The molecular formula is C18H18FN5. The third kappa shape index (κ3) is 3.65. The first-order chi connectivity index (χ1) is 11.7. The summed E-state index contributed by atoms with van der Waals surface area (Å²) in [7, 11) is 0. The summed E-state index contributed by atoms with van der Waals surface area (Å²) < 4.78 is 13.3. The van der Waals surface area contributed by atoms with Crippen LogP contribution in [0.3, 0.4) is 0 Å². The van der Waals surface area contributed by atoms with Crippen molar-refractivity contribution in [1.82, 2.24) is 15.0 Å². The molecule has 1 aromatic carbocycles. The minimum atomic E-state index is -0.261. The molecule has 122 valence electrons. The largest absolute Gasteiger partial charge is 0.354 e. The van der Waals surface area contributed by atoms with Gasteiger partial charge in [0.15, 0.2) is 0 Å². The van der Waals surface area contributed by atoms with Gasteiger partial charge >= 0.3 is 0 Å². The van der Waals surface area contributed by atoms with E-state index in [0.29, 0.717) is 24.0 Å². The van der Waals surface area contributed by atoms with Crippen LogP contribution in [0.1, 0.15) is 12.5 Å². The smallest absolute Gasteiger partial charge is 0.225 e. The predicted molar refractivity (Wildman–Crippen MR) is 93.8 cm³/mol. The molecule has 0 unspecified atom stereocenters. The van der Waals surface area contributed by atoms with Gasteiger partial charge in [0.25, 0.3) is 0 Å². The fourth-order valence-electron chi connectivity index (χ4n) is 2.30.